The molecule has 1 aromatic heterocycles. The van der Waals surface area contributed by atoms with Crippen molar-refractivity contribution >= 4 is 21.9 Å². The summed E-state index contributed by atoms with van der Waals surface area (Å²) in [6, 6.07) is 1.87. The Morgan fingerprint density at radius 3 is 2.43 bits per heavy atom. The van der Waals surface area contributed by atoms with Gasteiger partial charge in [-0.15, -0.1) is 0 Å². The molecular formula is C19H33N5O3S. The predicted octanol–water partition coefficient (Wildman–Crippen LogP) is 3.07. The maximum atomic E-state index is 12.2. The van der Waals surface area contributed by atoms with E-state index in [0.29, 0.717) is 11.9 Å². The van der Waals surface area contributed by atoms with E-state index in [0.717, 1.165) is 44.2 Å². The molecule has 1 heterocycles. The molecule has 1 aromatic rings. The smallest absolute Gasteiger partial charge is 0.320 e. The molecule has 2 amide bonds. The lowest BCUT2D eigenvalue weighted by atomic mass is 9.95. The number of hydrogen-bond donors (Lipinski definition) is 3. The number of nitrogens with zero attached hydrogens (tertiary/aromatic N) is 2. The molecular weight excluding hydrogens is 378 g/mol. The third kappa shape index (κ3) is 6.20. The zero-order valence-corrected chi connectivity index (χ0v) is 17.6. The Morgan fingerprint density at radius 1 is 1.11 bits per heavy atom. The molecule has 2 aliphatic rings. The summed E-state index contributed by atoms with van der Waals surface area (Å²) in [6.07, 6.45) is 11.1. The van der Waals surface area contributed by atoms with Crippen LogP contribution in [0, 0.1) is 6.92 Å². The molecule has 9 heteroatoms. The number of aryl methyl sites for hydroxylation is 1. The van der Waals surface area contributed by atoms with E-state index in [4.69, 9.17) is 0 Å². The van der Waals surface area contributed by atoms with Crippen LogP contribution in [0.4, 0.5) is 10.6 Å². The average molecular weight is 412 g/mol. The summed E-state index contributed by atoms with van der Waals surface area (Å²) in [6.45, 7) is 2.06. The molecule has 2 fully saturated rings. The fraction of sp³-hybridized carbons (Fsp3) is 0.789. The number of sulfonamides is 1. The van der Waals surface area contributed by atoms with Crippen molar-refractivity contribution in [1.82, 2.24) is 19.8 Å². The topological polar surface area (TPSA) is 105 Å². The van der Waals surface area contributed by atoms with E-state index in [-0.39, 0.29) is 18.3 Å². The van der Waals surface area contributed by atoms with Crippen molar-refractivity contribution < 1.29 is 13.2 Å². The second-order valence-electron chi connectivity index (χ2n) is 8.06. The van der Waals surface area contributed by atoms with Crippen LogP contribution in [0.1, 0.15) is 75.9 Å². The highest BCUT2D eigenvalue weighted by Crippen LogP contribution is 2.29. The fourth-order valence-corrected chi connectivity index (χ4v) is 5.47. The second kappa shape index (κ2) is 9.73. The van der Waals surface area contributed by atoms with Gasteiger partial charge in [-0.05, 0) is 32.6 Å². The van der Waals surface area contributed by atoms with Gasteiger partial charge in [0.05, 0.1) is 11.8 Å². The number of anilines is 1. The number of hydrogen-bond acceptors (Lipinski definition) is 4. The van der Waals surface area contributed by atoms with Gasteiger partial charge in [0.15, 0.2) is 5.82 Å². The minimum Gasteiger partial charge on any atom is -0.337 e. The van der Waals surface area contributed by atoms with Gasteiger partial charge in [-0.25, -0.2) is 17.9 Å². The number of urea groups is 1. The summed E-state index contributed by atoms with van der Waals surface area (Å²) in [4.78, 5) is 12.1. The summed E-state index contributed by atoms with van der Waals surface area (Å²) < 4.78 is 29.1. The number of nitrogens with one attached hydrogen (secondary N) is 3. The van der Waals surface area contributed by atoms with Crippen LogP contribution >= 0.6 is 0 Å². The number of amides is 2. The first-order valence-corrected chi connectivity index (χ1v) is 12.2. The van der Waals surface area contributed by atoms with Gasteiger partial charge in [0.25, 0.3) is 0 Å². The van der Waals surface area contributed by atoms with E-state index in [1.54, 1.807) is 0 Å². The van der Waals surface area contributed by atoms with Crippen molar-refractivity contribution in [2.75, 3.05) is 17.6 Å². The Balaban J connectivity index is 1.42. The van der Waals surface area contributed by atoms with Gasteiger partial charge >= 0.3 is 6.03 Å². The minimum atomic E-state index is -3.38. The van der Waals surface area contributed by atoms with Gasteiger partial charge in [-0.3, -0.25) is 10.00 Å². The Morgan fingerprint density at radius 2 is 1.75 bits per heavy atom. The molecule has 8 nitrogen and oxygen atoms in total. The molecule has 0 unspecified atom stereocenters. The van der Waals surface area contributed by atoms with Crippen molar-refractivity contribution in [2.45, 2.75) is 83.2 Å². The number of aromatic nitrogens is 2. The van der Waals surface area contributed by atoms with Gasteiger partial charge in [0, 0.05) is 24.3 Å². The van der Waals surface area contributed by atoms with Crippen LogP contribution in [0.15, 0.2) is 6.07 Å². The molecule has 0 bridgehead atoms. The zero-order chi connectivity index (χ0) is 20.0. The molecule has 0 aliphatic heterocycles. The highest BCUT2D eigenvalue weighted by molar-refractivity contribution is 7.89. The van der Waals surface area contributed by atoms with E-state index in [9.17, 15) is 13.2 Å². The van der Waals surface area contributed by atoms with Crippen LogP contribution in [0.5, 0.6) is 0 Å². The Labute approximate surface area is 167 Å². The third-order valence-corrected chi connectivity index (χ3v) is 7.13. The molecule has 0 spiro atoms. The molecule has 3 rings (SSSR count). The fourth-order valence-electron chi connectivity index (χ4n) is 4.24. The van der Waals surface area contributed by atoms with Crippen molar-refractivity contribution in [3.05, 3.63) is 11.8 Å². The first-order chi connectivity index (χ1) is 13.4. The monoisotopic (exact) mass is 411 g/mol. The Hall–Kier alpha value is -1.61. The largest absolute Gasteiger partial charge is 0.337 e. The average Bonchev–Trinajstić information content (AvgIpc) is 3.02. The lowest BCUT2D eigenvalue weighted by molar-refractivity contribution is 0.252. The molecule has 0 atom stereocenters. The highest BCUT2D eigenvalue weighted by atomic mass is 32.2. The SMILES string of the molecule is Cc1cc(NC(=O)NCCS(=O)(=O)NC2CCCCC2)nn1C1CCCCC1. The molecule has 2 saturated carbocycles. The van der Waals surface area contributed by atoms with E-state index < -0.39 is 16.1 Å². The highest BCUT2D eigenvalue weighted by Gasteiger charge is 2.21. The zero-order valence-electron chi connectivity index (χ0n) is 16.7. The van der Waals surface area contributed by atoms with E-state index >= 15 is 0 Å². The van der Waals surface area contributed by atoms with Crippen LogP contribution < -0.4 is 15.4 Å². The van der Waals surface area contributed by atoms with Crippen molar-refractivity contribution in [2.24, 2.45) is 0 Å². The van der Waals surface area contributed by atoms with E-state index in [2.05, 4.69) is 20.5 Å². The normalized spacial score (nSPS) is 19.5. The van der Waals surface area contributed by atoms with Crippen LogP contribution in [0.2, 0.25) is 0 Å². The second-order valence-corrected chi connectivity index (χ2v) is 9.93. The summed E-state index contributed by atoms with van der Waals surface area (Å²) in [5, 5.41) is 9.85. The number of rotatable bonds is 7. The maximum absolute atomic E-state index is 12.2. The van der Waals surface area contributed by atoms with Crippen LogP contribution in [0.25, 0.3) is 0 Å². The minimum absolute atomic E-state index is 0.0410. The summed E-state index contributed by atoms with van der Waals surface area (Å²) in [5.41, 5.74) is 1.03. The van der Waals surface area contributed by atoms with Gasteiger partial charge in [-0.1, -0.05) is 38.5 Å². The van der Waals surface area contributed by atoms with Gasteiger partial charge in [0.2, 0.25) is 10.0 Å². The van der Waals surface area contributed by atoms with Crippen molar-refractivity contribution in [1.29, 1.82) is 0 Å². The van der Waals surface area contributed by atoms with Gasteiger partial charge < -0.3 is 5.32 Å². The molecule has 3 N–H and O–H groups in total. The van der Waals surface area contributed by atoms with Gasteiger partial charge in [0.1, 0.15) is 0 Å². The molecule has 28 heavy (non-hydrogen) atoms. The summed E-state index contributed by atoms with van der Waals surface area (Å²) >= 11 is 0. The number of carbonyl (C=O) groups is 1. The standard InChI is InChI=1S/C19H33N5O3S/c1-15-14-18(22-24(15)17-10-6-3-7-11-17)21-19(25)20-12-13-28(26,27)23-16-8-4-2-5-9-16/h14,16-17,23H,2-13H2,1H3,(H2,20,21,22,25). The molecule has 158 valence electrons. The van der Waals surface area contributed by atoms with Crippen molar-refractivity contribution in [3.63, 3.8) is 0 Å². The molecule has 2 aliphatic carbocycles. The lowest BCUT2D eigenvalue weighted by Crippen LogP contribution is -2.41. The van der Waals surface area contributed by atoms with Crippen LogP contribution in [0.3, 0.4) is 0 Å². The molecule has 0 radical (unpaired) electrons. The molecule has 0 aromatic carbocycles. The number of carbonyl (C=O) groups excluding carboxylic acids is 1. The first-order valence-electron chi connectivity index (χ1n) is 10.5. The quantitative estimate of drug-likeness (QED) is 0.641. The summed E-state index contributed by atoms with van der Waals surface area (Å²) in [7, 11) is -3.38. The molecule has 0 saturated heterocycles. The maximum Gasteiger partial charge on any atom is 0.320 e. The van der Waals surface area contributed by atoms with Crippen LogP contribution in [-0.2, 0) is 10.0 Å². The Bertz CT molecular complexity index is 750. The van der Waals surface area contributed by atoms with E-state index in [1.165, 1.54) is 25.7 Å². The Kier molecular flexibility index (Phi) is 7.34. The summed E-state index contributed by atoms with van der Waals surface area (Å²) in [5.74, 6) is 0.385. The van der Waals surface area contributed by atoms with E-state index in [1.807, 2.05) is 17.7 Å². The first kappa shape index (κ1) is 21.1. The lowest BCUT2D eigenvalue weighted by Gasteiger charge is -2.23. The van der Waals surface area contributed by atoms with Gasteiger partial charge in [-0.2, -0.15) is 5.10 Å². The third-order valence-electron chi connectivity index (χ3n) is 5.69. The van der Waals surface area contributed by atoms with Crippen molar-refractivity contribution in [3.8, 4) is 0 Å². The van der Waals surface area contributed by atoms with Crippen LogP contribution in [-0.4, -0.2) is 42.6 Å². The predicted molar refractivity (Wildman–Crippen MR) is 110 cm³/mol.